The molecule has 0 atom stereocenters. The maximum Gasteiger partial charge on any atom is 0.250 e. The minimum absolute atomic E-state index is 0.0534. The average Bonchev–Trinajstić information content (AvgIpc) is 3.13. The number of fused-ring (bicyclic) bond motifs is 1. The summed E-state index contributed by atoms with van der Waals surface area (Å²) in [5, 5.41) is 1.42. The van der Waals surface area contributed by atoms with Crippen LogP contribution < -0.4 is 10.5 Å². The monoisotopic (exact) mass is 354 g/mol. The predicted molar refractivity (Wildman–Crippen MR) is 84.3 cm³/mol. The zero-order valence-electron chi connectivity index (χ0n) is 11.0. The molecule has 1 amide bonds. The number of thiophene rings is 1. The molecule has 1 aromatic carbocycles. The van der Waals surface area contributed by atoms with Crippen LogP contribution in [0.25, 0.3) is 11.0 Å². The molecule has 2 heterocycles. The number of aromatic nitrogens is 2. The van der Waals surface area contributed by atoms with E-state index in [-0.39, 0.29) is 16.3 Å². The van der Waals surface area contributed by atoms with Crippen molar-refractivity contribution in [3.05, 3.63) is 40.8 Å². The van der Waals surface area contributed by atoms with E-state index in [1.807, 2.05) is 0 Å². The van der Waals surface area contributed by atoms with Gasteiger partial charge in [0.15, 0.2) is 0 Å². The maximum absolute atomic E-state index is 12.2. The number of carbonyl (C=O) groups is 1. The van der Waals surface area contributed by atoms with Gasteiger partial charge in [-0.15, -0.1) is 11.3 Å². The summed E-state index contributed by atoms with van der Waals surface area (Å²) in [4.78, 5) is 11.0. The number of amides is 1. The van der Waals surface area contributed by atoms with Crippen LogP contribution in [-0.4, -0.2) is 23.1 Å². The first kappa shape index (κ1) is 15.0. The van der Waals surface area contributed by atoms with Crippen molar-refractivity contribution in [1.82, 2.24) is 13.5 Å². The third kappa shape index (κ3) is 2.99. The topological polar surface area (TPSA) is 115 Å². The number of hydrogen-bond acceptors (Lipinski definition) is 7. The van der Waals surface area contributed by atoms with Crippen LogP contribution >= 0.6 is 23.1 Å². The van der Waals surface area contributed by atoms with Crippen LogP contribution in [0.4, 0.5) is 0 Å². The molecule has 0 saturated carbocycles. The summed E-state index contributed by atoms with van der Waals surface area (Å²) in [5.74, 6) is -0.654. The number of carbonyl (C=O) groups excluding carboxylic acids is 1. The summed E-state index contributed by atoms with van der Waals surface area (Å²) in [5.41, 5.74) is 7.58. The van der Waals surface area contributed by atoms with Gasteiger partial charge in [0.05, 0.1) is 17.3 Å². The largest absolute Gasteiger partial charge is 0.366 e. The van der Waals surface area contributed by atoms with Crippen LogP contribution in [-0.2, 0) is 16.6 Å². The lowest BCUT2D eigenvalue weighted by Crippen LogP contribution is -2.22. The van der Waals surface area contributed by atoms with Gasteiger partial charge in [0.2, 0.25) is 15.9 Å². The second kappa shape index (κ2) is 5.72. The fourth-order valence-electron chi connectivity index (χ4n) is 1.77. The molecule has 2 aromatic heterocycles. The molecule has 0 fully saturated rings. The average molecular weight is 354 g/mol. The lowest BCUT2D eigenvalue weighted by Gasteiger charge is -2.04. The zero-order valence-corrected chi connectivity index (χ0v) is 13.5. The molecule has 3 N–H and O–H groups in total. The lowest BCUT2D eigenvalue weighted by molar-refractivity contribution is 0.100. The highest BCUT2D eigenvalue weighted by Crippen LogP contribution is 2.20. The molecule has 0 unspecified atom stereocenters. The number of nitrogens with zero attached hydrogens (tertiary/aromatic N) is 2. The maximum atomic E-state index is 12.2. The Morgan fingerprint density at radius 1 is 1.23 bits per heavy atom. The van der Waals surface area contributed by atoms with E-state index in [2.05, 4.69) is 13.5 Å². The Morgan fingerprint density at radius 2 is 2.00 bits per heavy atom. The fraction of sp³-hybridized carbons (Fsp3) is 0.0833. The molecule has 0 radical (unpaired) electrons. The summed E-state index contributed by atoms with van der Waals surface area (Å²) < 4.78 is 35.1. The second-order valence-electron chi connectivity index (χ2n) is 4.43. The lowest BCUT2D eigenvalue weighted by atomic mass is 10.2. The molecule has 0 aliphatic heterocycles. The second-order valence-corrected chi connectivity index (χ2v) is 7.86. The molecule has 0 spiro atoms. The molecule has 0 aliphatic carbocycles. The molecule has 114 valence electrons. The number of rotatable bonds is 5. The van der Waals surface area contributed by atoms with E-state index in [9.17, 15) is 13.2 Å². The van der Waals surface area contributed by atoms with Gasteiger partial charge in [-0.2, -0.15) is 8.75 Å². The molecule has 10 heteroatoms. The summed E-state index contributed by atoms with van der Waals surface area (Å²) in [7, 11) is -3.68. The Hall–Kier alpha value is -1.88. The van der Waals surface area contributed by atoms with Crippen LogP contribution in [0, 0.1) is 0 Å². The highest BCUT2D eigenvalue weighted by Gasteiger charge is 2.18. The first-order valence-electron chi connectivity index (χ1n) is 6.05. The number of nitrogens with two attached hydrogens (primary N) is 1. The van der Waals surface area contributed by atoms with Gasteiger partial charge in [-0.1, -0.05) is 6.07 Å². The van der Waals surface area contributed by atoms with Crippen LogP contribution in [0.2, 0.25) is 0 Å². The van der Waals surface area contributed by atoms with E-state index in [0.717, 1.165) is 39.7 Å². The van der Waals surface area contributed by atoms with Gasteiger partial charge in [0.25, 0.3) is 0 Å². The van der Waals surface area contributed by atoms with Crippen LogP contribution in [0.15, 0.2) is 33.9 Å². The van der Waals surface area contributed by atoms with Crippen molar-refractivity contribution in [2.24, 2.45) is 5.73 Å². The zero-order chi connectivity index (χ0) is 15.7. The number of benzene rings is 1. The summed E-state index contributed by atoms with van der Waals surface area (Å²) in [6.07, 6.45) is 0. The molecular weight excluding hydrogens is 344 g/mol. The van der Waals surface area contributed by atoms with Crippen molar-refractivity contribution in [3.63, 3.8) is 0 Å². The molecule has 0 saturated heterocycles. The standard InChI is InChI=1S/C12H10N4O3S3/c13-12(17)8-4-11(20-6-8)22(18,19)14-5-7-1-2-9-10(3-7)16-21-15-9/h1-4,6,14H,5H2,(H2,13,17). The van der Waals surface area contributed by atoms with Crippen LogP contribution in [0.3, 0.4) is 0 Å². The van der Waals surface area contributed by atoms with Crippen LogP contribution in [0.1, 0.15) is 15.9 Å². The van der Waals surface area contributed by atoms with Crippen molar-refractivity contribution in [3.8, 4) is 0 Å². The smallest absolute Gasteiger partial charge is 0.250 e. The van der Waals surface area contributed by atoms with E-state index in [0.29, 0.717) is 0 Å². The Balaban J connectivity index is 1.77. The molecule has 3 aromatic rings. The highest BCUT2D eigenvalue weighted by molar-refractivity contribution is 7.91. The molecule has 7 nitrogen and oxygen atoms in total. The Labute approximate surface area is 134 Å². The van der Waals surface area contributed by atoms with Crippen molar-refractivity contribution >= 4 is 50.0 Å². The van der Waals surface area contributed by atoms with Gasteiger partial charge < -0.3 is 5.73 Å². The number of sulfonamides is 1. The normalized spacial score (nSPS) is 11.8. The molecular formula is C12H10N4O3S3. The van der Waals surface area contributed by atoms with E-state index < -0.39 is 15.9 Å². The van der Waals surface area contributed by atoms with Crippen molar-refractivity contribution < 1.29 is 13.2 Å². The third-order valence-electron chi connectivity index (χ3n) is 2.91. The Morgan fingerprint density at radius 3 is 2.73 bits per heavy atom. The quantitative estimate of drug-likeness (QED) is 0.717. The predicted octanol–water partition coefficient (Wildman–Crippen LogP) is 1.33. The van der Waals surface area contributed by atoms with Crippen molar-refractivity contribution in [2.45, 2.75) is 10.8 Å². The highest BCUT2D eigenvalue weighted by atomic mass is 32.2. The minimum Gasteiger partial charge on any atom is -0.366 e. The van der Waals surface area contributed by atoms with Gasteiger partial charge >= 0.3 is 0 Å². The van der Waals surface area contributed by atoms with E-state index in [1.165, 1.54) is 11.4 Å². The van der Waals surface area contributed by atoms with Gasteiger partial charge in [0, 0.05) is 11.9 Å². The van der Waals surface area contributed by atoms with Gasteiger partial charge in [-0.3, -0.25) is 4.79 Å². The number of hydrogen-bond donors (Lipinski definition) is 2. The third-order valence-corrected chi connectivity index (χ3v) is 6.31. The Bertz CT molecular complexity index is 945. The summed E-state index contributed by atoms with van der Waals surface area (Å²) >= 11 is 2.06. The molecule has 3 rings (SSSR count). The first-order valence-corrected chi connectivity index (χ1v) is 9.14. The van der Waals surface area contributed by atoms with Crippen LogP contribution in [0.5, 0.6) is 0 Å². The molecule has 0 bridgehead atoms. The minimum atomic E-state index is -3.68. The Kier molecular flexibility index (Phi) is 3.91. The van der Waals surface area contributed by atoms with Gasteiger partial charge in [-0.05, 0) is 23.8 Å². The first-order chi connectivity index (χ1) is 10.5. The molecule has 0 aliphatic rings. The summed E-state index contributed by atoms with van der Waals surface area (Å²) in [6, 6.07) is 6.63. The van der Waals surface area contributed by atoms with Crippen molar-refractivity contribution in [2.75, 3.05) is 0 Å². The summed E-state index contributed by atoms with van der Waals surface area (Å²) in [6.45, 7) is 0.125. The number of nitrogens with one attached hydrogen (secondary N) is 1. The van der Waals surface area contributed by atoms with E-state index >= 15 is 0 Å². The van der Waals surface area contributed by atoms with Gasteiger partial charge in [-0.25, -0.2) is 13.1 Å². The number of primary amides is 1. The van der Waals surface area contributed by atoms with Crippen molar-refractivity contribution in [1.29, 1.82) is 0 Å². The molecule has 22 heavy (non-hydrogen) atoms. The van der Waals surface area contributed by atoms with Gasteiger partial charge in [0.1, 0.15) is 15.2 Å². The fourth-order valence-corrected chi connectivity index (χ4v) is 4.52. The SMILES string of the molecule is NC(=O)c1csc(S(=O)(=O)NCc2ccc3nsnc3c2)c1. The van der Waals surface area contributed by atoms with E-state index in [1.54, 1.807) is 18.2 Å². The van der Waals surface area contributed by atoms with E-state index in [4.69, 9.17) is 5.73 Å².